The molecule has 0 aliphatic carbocycles. The van der Waals surface area contributed by atoms with E-state index in [2.05, 4.69) is 9.72 Å². The number of hydrogen-bond acceptors (Lipinski definition) is 7. The fraction of sp³-hybridized carbons (Fsp3) is 0.111. The molecule has 0 saturated heterocycles. The molecule has 0 spiro atoms. The Kier molecular flexibility index (Phi) is 9.53. The summed E-state index contributed by atoms with van der Waals surface area (Å²) in [6, 6.07) is 1.76. The number of rotatable bonds is 3. The quantitative estimate of drug-likeness (QED) is 0.394. The summed E-state index contributed by atoms with van der Waals surface area (Å²) >= 11 is 0. The van der Waals surface area contributed by atoms with Crippen LogP contribution in [0.2, 0.25) is 0 Å². The number of nitrogens with zero attached hydrogens (tertiary/aromatic N) is 1. The summed E-state index contributed by atoms with van der Waals surface area (Å²) in [5.41, 5.74) is -1.31. The summed E-state index contributed by atoms with van der Waals surface area (Å²) in [5, 5.41) is 21.0. The number of carbonyl (C=O) groups is 3. The Morgan fingerprint density at radius 1 is 1.06 bits per heavy atom. The second kappa shape index (κ2) is 8.63. The van der Waals surface area contributed by atoms with Crippen molar-refractivity contribution in [1.29, 1.82) is 0 Å². The first-order valence-corrected chi connectivity index (χ1v) is 4.03. The van der Waals surface area contributed by atoms with Crippen LogP contribution in [0.15, 0.2) is 12.1 Å². The van der Waals surface area contributed by atoms with Gasteiger partial charge >= 0.3 is 65.1 Å². The Balaban J connectivity index is 0. The summed E-state index contributed by atoms with van der Waals surface area (Å²) in [7, 11) is 0. The van der Waals surface area contributed by atoms with E-state index in [9.17, 15) is 24.6 Å². The van der Waals surface area contributed by atoms with Gasteiger partial charge in [-0.2, -0.15) is 0 Å². The van der Waals surface area contributed by atoms with Gasteiger partial charge in [0, 0.05) is 19.1 Å². The van der Waals surface area contributed by atoms with Gasteiger partial charge in [0.15, 0.2) is 0 Å². The molecule has 0 fully saturated rings. The van der Waals surface area contributed by atoms with Crippen LogP contribution in [0.25, 0.3) is 0 Å². The van der Waals surface area contributed by atoms with Gasteiger partial charge in [-0.1, -0.05) is 0 Å². The molecule has 18 heavy (non-hydrogen) atoms. The third-order valence-corrected chi connectivity index (χ3v) is 1.48. The van der Waals surface area contributed by atoms with Crippen LogP contribution in [0.1, 0.15) is 27.9 Å². The molecular formula is C9H5NNa2O6. The van der Waals surface area contributed by atoms with Crippen molar-refractivity contribution in [2.45, 2.75) is 6.92 Å². The third-order valence-electron chi connectivity index (χ3n) is 1.48. The monoisotopic (exact) mass is 269 g/mol. The molecule has 0 N–H and O–H groups in total. The van der Waals surface area contributed by atoms with E-state index in [1.54, 1.807) is 0 Å². The number of hydrogen-bond donors (Lipinski definition) is 0. The van der Waals surface area contributed by atoms with Gasteiger partial charge in [0.25, 0.3) is 0 Å². The second-order valence-electron chi connectivity index (χ2n) is 2.74. The Labute approximate surface area is 146 Å². The van der Waals surface area contributed by atoms with Crippen molar-refractivity contribution >= 4 is 17.9 Å². The zero-order valence-electron chi connectivity index (χ0n) is 10.1. The number of carbonyl (C=O) groups excluding carboxylic acids is 3. The van der Waals surface area contributed by atoms with Crippen molar-refractivity contribution in [3.63, 3.8) is 0 Å². The first kappa shape index (κ1) is 19.9. The van der Waals surface area contributed by atoms with Crippen LogP contribution in [-0.2, 0) is 4.79 Å². The number of aromatic nitrogens is 1. The molecule has 1 heterocycles. The van der Waals surface area contributed by atoms with E-state index in [0.29, 0.717) is 0 Å². The summed E-state index contributed by atoms with van der Waals surface area (Å²) in [5.74, 6) is -4.34. The van der Waals surface area contributed by atoms with Crippen molar-refractivity contribution < 1.29 is 88.4 Å². The number of aromatic carboxylic acids is 2. The van der Waals surface area contributed by atoms with Gasteiger partial charge in [0.2, 0.25) is 0 Å². The molecule has 7 nitrogen and oxygen atoms in total. The van der Waals surface area contributed by atoms with E-state index in [1.807, 2.05) is 0 Å². The van der Waals surface area contributed by atoms with Gasteiger partial charge in [-0.3, -0.25) is 4.79 Å². The maximum absolute atomic E-state index is 10.6. The molecule has 0 unspecified atom stereocenters. The molecule has 0 saturated carbocycles. The average molecular weight is 269 g/mol. The molecule has 0 aliphatic rings. The van der Waals surface area contributed by atoms with E-state index in [4.69, 9.17) is 0 Å². The SMILES string of the molecule is CC(=O)Oc1cc(C(=O)[O-])nc(C(=O)[O-])c1.[Na+].[Na+]. The van der Waals surface area contributed by atoms with E-state index < -0.39 is 29.3 Å². The molecule has 0 radical (unpaired) electrons. The van der Waals surface area contributed by atoms with Crippen LogP contribution in [0.3, 0.4) is 0 Å². The summed E-state index contributed by atoms with van der Waals surface area (Å²) in [6.45, 7) is 1.08. The van der Waals surface area contributed by atoms with Crippen LogP contribution >= 0.6 is 0 Å². The number of pyridine rings is 1. The third kappa shape index (κ3) is 5.94. The van der Waals surface area contributed by atoms with Gasteiger partial charge in [-0.05, 0) is 0 Å². The maximum Gasteiger partial charge on any atom is 1.00 e. The zero-order chi connectivity index (χ0) is 12.3. The summed E-state index contributed by atoms with van der Waals surface area (Å²) in [4.78, 5) is 34.8. The van der Waals surface area contributed by atoms with Crippen molar-refractivity contribution in [1.82, 2.24) is 4.98 Å². The molecule has 1 aromatic heterocycles. The fourth-order valence-corrected chi connectivity index (χ4v) is 0.940. The van der Waals surface area contributed by atoms with Crippen molar-refractivity contribution in [3.8, 4) is 5.75 Å². The molecule has 9 heteroatoms. The Bertz CT molecular complexity index is 444. The predicted octanol–water partition coefficient (Wildman–Crippen LogP) is -8.26. The van der Waals surface area contributed by atoms with E-state index in [1.165, 1.54) is 0 Å². The van der Waals surface area contributed by atoms with Crippen molar-refractivity contribution in [3.05, 3.63) is 23.5 Å². The maximum atomic E-state index is 10.6. The first-order chi connectivity index (χ1) is 7.40. The van der Waals surface area contributed by atoms with Gasteiger partial charge in [0.05, 0.1) is 23.3 Å². The normalized spacial score (nSPS) is 8.50. The first-order valence-electron chi connectivity index (χ1n) is 4.03. The Morgan fingerprint density at radius 2 is 1.44 bits per heavy atom. The van der Waals surface area contributed by atoms with Crippen LogP contribution in [-0.4, -0.2) is 22.9 Å². The van der Waals surface area contributed by atoms with E-state index in [-0.39, 0.29) is 64.9 Å². The average Bonchev–Trinajstić information content (AvgIpc) is 2.15. The molecular weight excluding hydrogens is 264 g/mol. The van der Waals surface area contributed by atoms with Gasteiger partial charge in [0.1, 0.15) is 5.75 Å². The minimum absolute atomic E-state index is 0. The Morgan fingerprint density at radius 3 is 1.72 bits per heavy atom. The molecule has 1 aromatic rings. The molecule has 0 atom stereocenters. The largest absolute Gasteiger partial charge is 1.00 e. The minimum Gasteiger partial charge on any atom is -0.543 e. The number of carboxylic acid groups (broad SMARTS) is 2. The minimum atomic E-state index is -1.68. The second-order valence-corrected chi connectivity index (χ2v) is 2.74. The zero-order valence-corrected chi connectivity index (χ0v) is 14.1. The van der Waals surface area contributed by atoms with Gasteiger partial charge < -0.3 is 24.5 Å². The van der Waals surface area contributed by atoms with Crippen LogP contribution in [0.5, 0.6) is 5.75 Å². The van der Waals surface area contributed by atoms with Crippen LogP contribution in [0.4, 0.5) is 0 Å². The summed E-state index contributed by atoms with van der Waals surface area (Å²) < 4.78 is 4.53. The Hall–Kier alpha value is -0.440. The smallest absolute Gasteiger partial charge is 0.543 e. The van der Waals surface area contributed by atoms with Crippen LogP contribution < -0.4 is 74.1 Å². The predicted molar refractivity (Wildman–Crippen MR) is 44.2 cm³/mol. The van der Waals surface area contributed by atoms with Crippen molar-refractivity contribution in [2.75, 3.05) is 0 Å². The molecule has 0 aromatic carbocycles. The topological polar surface area (TPSA) is 119 Å². The number of carboxylic acids is 2. The van der Waals surface area contributed by atoms with E-state index in [0.717, 1.165) is 19.1 Å². The molecule has 0 bridgehead atoms. The molecule has 0 amide bonds. The number of esters is 1. The fourth-order valence-electron chi connectivity index (χ4n) is 0.940. The van der Waals surface area contributed by atoms with Gasteiger partial charge in [-0.25, -0.2) is 4.98 Å². The van der Waals surface area contributed by atoms with Crippen LogP contribution in [0, 0.1) is 0 Å². The van der Waals surface area contributed by atoms with E-state index >= 15 is 0 Å². The van der Waals surface area contributed by atoms with Crippen molar-refractivity contribution in [2.24, 2.45) is 0 Å². The van der Waals surface area contributed by atoms with Gasteiger partial charge in [-0.15, -0.1) is 0 Å². The standard InChI is InChI=1S/C9H7NO6.2Na/c1-4(11)16-5-2-6(8(12)13)10-7(3-5)9(14)15;;/h2-3H,1H3,(H,12,13)(H,14,15);;/q;2*+1/p-2. The number of ether oxygens (including phenoxy) is 1. The molecule has 0 aliphatic heterocycles. The summed E-state index contributed by atoms with van der Waals surface area (Å²) in [6.07, 6.45) is 0. The molecule has 1 rings (SSSR count). The molecule has 84 valence electrons.